The van der Waals surface area contributed by atoms with E-state index in [2.05, 4.69) is 22.2 Å². The van der Waals surface area contributed by atoms with Crippen molar-refractivity contribution in [3.63, 3.8) is 0 Å². The Morgan fingerprint density at radius 1 is 1.42 bits per heavy atom. The molecule has 19 heavy (non-hydrogen) atoms. The van der Waals surface area contributed by atoms with Crippen molar-refractivity contribution in [2.24, 2.45) is 0 Å². The van der Waals surface area contributed by atoms with Crippen LogP contribution in [0.2, 0.25) is 0 Å². The fourth-order valence-corrected chi connectivity index (χ4v) is 1.90. The van der Waals surface area contributed by atoms with Gasteiger partial charge < -0.3 is 15.0 Å². The van der Waals surface area contributed by atoms with Gasteiger partial charge in [0.25, 0.3) is 5.56 Å². The molecule has 0 saturated heterocycles. The molecule has 1 heterocycles. The molecule has 1 aromatic heterocycles. The van der Waals surface area contributed by atoms with Gasteiger partial charge in [-0.3, -0.25) is 4.79 Å². The lowest BCUT2D eigenvalue weighted by Crippen LogP contribution is -2.31. The third-order valence-electron chi connectivity index (χ3n) is 3.17. The van der Waals surface area contributed by atoms with E-state index in [0.717, 1.165) is 25.1 Å². The quantitative estimate of drug-likeness (QED) is 0.706. The van der Waals surface area contributed by atoms with Gasteiger partial charge in [0.2, 0.25) is 0 Å². The summed E-state index contributed by atoms with van der Waals surface area (Å²) in [7, 11) is 0. The molecule has 0 aromatic carbocycles. The first-order valence-electron chi connectivity index (χ1n) is 7.01. The third-order valence-corrected chi connectivity index (χ3v) is 3.17. The summed E-state index contributed by atoms with van der Waals surface area (Å²) in [5.74, 6) is 0.609. The lowest BCUT2D eigenvalue weighted by atomic mass is 10.0. The summed E-state index contributed by atoms with van der Waals surface area (Å²) in [6, 6.07) is 1.54. The van der Waals surface area contributed by atoms with Gasteiger partial charge in [-0.15, -0.1) is 0 Å². The molecule has 5 nitrogen and oxygen atoms in total. The van der Waals surface area contributed by atoms with Crippen LogP contribution in [-0.4, -0.2) is 23.1 Å². The summed E-state index contributed by atoms with van der Waals surface area (Å²) in [6.45, 7) is 10.1. The van der Waals surface area contributed by atoms with E-state index in [1.165, 1.54) is 6.07 Å². The van der Waals surface area contributed by atoms with Crippen LogP contribution in [0, 0.1) is 0 Å². The Kier molecular flexibility index (Phi) is 6.18. The summed E-state index contributed by atoms with van der Waals surface area (Å²) in [5, 5.41) is 3.25. The van der Waals surface area contributed by atoms with Gasteiger partial charge in [-0.05, 0) is 33.2 Å². The maximum atomic E-state index is 11.7. The molecule has 0 aliphatic rings. The highest BCUT2D eigenvalue weighted by molar-refractivity contribution is 5.08. The van der Waals surface area contributed by atoms with Crippen LogP contribution < -0.4 is 10.9 Å². The molecule has 1 rings (SSSR count). The van der Waals surface area contributed by atoms with E-state index in [9.17, 15) is 4.79 Å². The molecular formula is C14H25N3O2. The van der Waals surface area contributed by atoms with E-state index < -0.39 is 5.60 Å². The van der Waals surface area contributed by atoms with Gasteiger partial charge in [0, 0.05) is 19.2 Å². The van der Waals surface area contributed by atoms with E-state index in [1.807, 2.05) is 20.8 Å². The second kappa shape index (κ2) is 7.40. The van der Waals surface area contributed by atoms with Crippen molar-refractivity contribution in [3.05, 3.63) is 27.9 Å². The summed E-state index contributed by atoms with van der Waals surface area (Å²) in [5.41, 5.74) is 0.0959. The van der Waals surface area contributed by atoms with Crippen molar-refractivity contribution in [3.8, 4) is 0 Å². The lowest BCUT2D eigenvalue weighted by molar-refractivity contribution is -0.0393. The summed E-state index contributed by atoms with van der Waals surface area (Å²) in [4.78, 5) is 19.1. The van der Waals surface area contributed by atoms with Gasteiger partial charge in [0.1, 0.15) is 11.4 Å². The van der Waals surface area contributed by atoms with E-state index in [-0.39, 0.29) is 5.56 Å². The van der Waals surface area contributed by atoms with Gasteiger partial charge in [-0.25, -0.2) is 4.98 Å². The number of hydrogen-bond donors (Lipinski definition) is 2. The van der Waals surface area contributed by atoms with Crippen molar-refractivity contribution in [2.45, 2.75) is 52.7 Å². The average Bonchev–Trinajstić information content (AvgIpc) is 2.38. The van der Waals surface area contributed by atoms with Crippen molar-refractivity contribution in [1.82, 2.24) is 15.3 Å². The zero-order valence-electron chi connectivity index (χ0n) is 12.4. The largest absolute Gasteiger partial charge is 0.368 e. The Morgan fingerprint density at radius 3 is 2.74 bits per heavy atom. The highest BCUT2D eigenvalue weighted by atomic mass is 16.5. The number of H-pyrrole nitrogens is 1. The fraction of sp³-hybridized carbons (Fsp3) is 0.714. The van der Waals surface area contributed by atoms with Crippen LogP contribution in [0.25, 0.3) is 0 Å². The molecule has 0 fully saturated rings. The average molecular weight is 267 g/mol. The van der Waals surface area contributed by atoms with E-state index >= 15 is 0 Å². The number of aromatic nitrogens is 2. The lowest BCUT2D eigenvalue weighted by Gasteiger charge is -2.27. The molecule has 0 aliphatic heterocycles. The zero-order chi connectivity index (χ0) is 14.3. The number of nitrogens with zero attached hydrogens (tertiary/aromatic N) is 1. The molecule has 1 unspecified atom stereocenters. The highest BCUT2D eigenvalue weighted by Gasteiger charge is 2.28. The van der Waals surface area contributed by atoms with Crippen LogP contribution in [-0.2, 0) is 16.9 Å². The Morgan fingerprint density at radius 2 is 2.16 bits per heavy atom. The number of aromatic amines is 1. The first-order valence-corrected chi connectivity index (χ1v) is 7.01. The minimum atomic E-state index is -0.533. The number of hydrogen-bond acceptors (Lipinski definition) is 4. The minimum Gasteiger partial charge on any atom is -0.368 e. The standard InChI is InChI=1S/C14H25N3O2/c1-5-8-15-10-11-9-12(18)17-13(16-11)14(4,6-2)19-7-3/h9,15H,5-8,10H2,1-4H3,(H,16,17,18). The highest BCUT2D eigenvalue weighted by Crippen LogP contribution is 2.25. The number of nitrogens with one attached hydrogen (secondary N) is 2. The second-order valence-corrected chi connectivity index (χ2v) is 4.78. The SMILES string of the molecule is CCCNCc1cc(=O)[nH]c(C(C)(CC)OCC)n1. The molecule has 0 bridgehead atoms. The van der Waals surface area contributed by atoms with Gasteiger partial charge in [0.05, 0.1) is 5.69 Å². The molecule has 2 N–H and O–H groups in total. The van der Waals surface area contributed by atoms with Crippen LogP contribution >= 0.6 is 0 Å². The molecule has 1 atom stereocenters. The van der Waals surface area contributed by atoms with E-state index in [0.29, 0.717) is 19.0 Å². The number of rotatable bonds is 8. The number of ether oxygens (including phenoxy) is 1. The van der Waals surface area contributed by atoms with Crippen molar-refractivity contribution in [2.75, 3.05) is 13.2 Å². The Balaban J connectivity index is 2.97. The van der Waals surface area contributed by atoms with Crippen LogP contribution in [0.4, 0.5) is 0 Å². The summed E-state index contributed by atoms with van der Waals surface area (Å²) in [6.07, 6.45) is 1.82. The Bertz CT molecular complexity index is 445. The van der Waals surface area contributed by atoms with Gasteiger partial charge in [-0.1, -0.05) is 13.8 Å². The first kappa shape index (κ1) is 15.9. The predicted molar refractivity (Wildman–Crippen MR) is 76.1 cm³/mol. The first-order chi connectivity index (χ1) is 9.05. The van der Waals surface area contributed by atoms with Crippen LogP contribution in [0.5, 0.6) is 0 Å². The smallest absolute Gasteiger partial charge is 0.251 e. The van der Waals surface area contributed by atoms with Gasteiger partial charge in [0.15, 0.2) is 0 Å². The molecule has 1 aromatic rings. The third kappa shape index (κ3) is 4.44. The molecule has 0 saturated carbocycles. The summed E-state index contributed by atoms with van der Waals surface area (Å²) < 4.78 is 5.75. The monoisotopic (exact) mass is 267 g/mol. The van der Waals surface area contributed by atoms with Crippen molar-refractivity contribution < 1.29 is 4.74 Å². The van der Waals surface area contributed by atoms with Crippen molar-refractivity contribution in [1.29, 1.82) is 0 Å². The predicted octanol–water partition coefficient (Wildman–Crippen LogP) is 1.93. The van der Waals surface area contributed by atoms with Crippen LogP contribution in [0.3, 0.4) is 0 Å². The molecule has 0 amide bonds. The van der Waals surface area contributed by atoms with Crippen molar-refractivity contribution >= 4 is 0 Å². The second-order valence-electron chi connectivity index (χ2n) is 4.78. The van der Waals surface area contributed by atoms with E-state index in [4.69, 9.17) is 4.74 Å². The molecular weight excluding hydrogens is 242 g/mol. The Hall–Kier alpha value is -1.20. The van der Waals surface area contributed by atoms with E-state index in [1.54, 1.807) is 0 Å². The van der Waals surface area contributed by atoms with Gasteiger partial charge >= 0.3 is 0 Å². The Labute approximate surface area is 114 Å². The maximum Gasteiger partial charge on any atom is 0.251 e. The summed E-state index contributed by atoms with van der Waals surface area (Å²) >= 11 is 0. The molecule has 0 spiro atoms. The zero-order valence-corrected chi connectivity index (χ0v) is 12.4. The van der Waals surface area contributed by atoms with Crippen LogP contribution in [0.1, 0.15) is 52.1 Å². The van der Waals surface area contributed by atoms with Gasteiger partial charge in [-0.2, -0.15) is 0 Å². The molecule has 0 aliphatic carbocycles. The van der Waals surface area contributed by atoms with Crippen LogP contribution in [0.15, 0.2) is 10.9 Å². The normalized spacial score (nSPS) is 14.3. The minimum absolute atomic E-state index is 0.127. The molecule has 108 valence electrons. The molecule has 5 heteroatoms. The fourth-order valence-electron chi connectivity index (χ4n) is 1.90. The topological polar surface area (TPSA) is 67.0 Å². The maximum absolute atomic E-state index is 11.7. The molecule has 0 radical (unpaired) electrons.